The lowest BCUT2D eigenvalue weighted by Gasteiger charge is -2.24. The van der Waals surface area contributed by atoms with Gasteiger partial charge in [-0.1, -0.05) is 36.4 Å². The van der Waals surface area contributed by atoms with Gasteiger partial charge in [0.1, 0.15) is 0 Å². The summed E-state index contributed by atoms with van der Waals surface area (Å²) in [5, 5.41) is 12.2. The van der Waals surface area contributed by atoms with E-state index in [1.54, 1.807) is 35.2 Å². The maximum Gasteiger partial charge on any atom is 0.303 e. The highest BCUT2D eigenvalue weighted by Gasteiger charge is 2.28. The predicted molar refractivity (Wildman–Crippen MR) is 128 cm³/mol. The van der Waals surface area contributed by atoms with E-state index in [4.69, 9.17) is 0 Å². The molecule has 33 heavy (non-hydrogen) atoms. The molecule has 0 spiro atoms. The standard InChI is InChI=1S/C27H26N2O4/c1-18-7-2-3-9-22(18)26(32)28-21-14-12-19(13-15-21)27(33)29-16-6-8-20(17-25(30)31)23-10-4-5-11-24(23)29/h2-5,7,9-15,20H,6,8,16-17H2,1H3,(H,28,32)(H,30,31). The average Bonchev–Trinajstić information content (AvgIpc) is 2.99. The van der Waals surface area contributed by atoms with E-state index >= 15 is 0 Å². The van der Waals surface area contributed by atoms with Gasteiger partial charge in [0.2, 0.25) is 0 Å². The first kappa shape index (κ1) is 22.3. The maximum absolute atomic E-state index is 13.4. The molecule has 1 unspecified atom stereocenters. The normalized spacial score (nSPS) is 15.3. The van der Waals surface area contributed by atoms with Gasteiger partial charge in [-0.3, -0.25) is 14.4 Å². The molecule has 0 saturated heterocycles. The molecule has 2 amide bonds. The number of anilines is 2. The van der Waals surface area contributed by atoms with Gasteiger partial charge in [-0.15, -0.1) is 0 Å². The molecule has 1 atom stereocenters. The van der Waals surface area contributed by atoms with E-state index in [1.165, 1.54) is 0 Å². The second-order valence-corrected chi connectivity index (χ2v) is 8.30. The zero-order valence-corrected chi connectivity index (χ0v) is 18.5. The third-order valence-electron chi connectivity index (χ3n) is 6.05. The zero-order chi connectivity index (χ0) is 23.4. The first-order valence-corrected chi connectivity index (χ1v) is 11.0. The number of carbonyl (C=O) groups is 3. The Balaban J connectivity index is 1.53. The van der Waals surface area contributed by atoms with Gasteiger partial charge in [-0.2, -0.15) is 0 Å². The molecule has 0 aliphatic carbocycles. The molecule has 0 bridgehead atoms. The number of carbonyl (C=O) groups excluding carboxylic acids is 2. The van der Waals surface area contributed by atoms with Gasteiger partial charge in [0.25, 0.3) is 11.8 Å². The van der Waals surface area contributed by atoms with Crippen LogP contribution >= 0.6 is 0 Å². The quantitative estimate of drug-likeness (QED) is 0.565. The Kier molecular flexibility index (Phi) is 6.54. The molecule has 1 heterocycles. The van der Waals surface area contributed by atoms with Crippen LogP contribution in [0.1, 0.15) is 57.0 Å². The van der Waals surface area contributed by atoms with Crippen molar-refractivity contribution in [3.63, 3.8) is 0 Å². The molecule has 1 aliphatic rings. The van der Waals surface area contributed by atoms with E-state index in [1.807, 2.05) is 49.4 Å². The number of hydrogen-bond acceptors (Lipinski definition) is 3. The van der Waals surface area contributed by atoms with Crippen molar-refractivity contribution in [2.24, 2.45) is 0 Å². The lowest BCUT2D eigenvalue weighted by Crippen LogP contribution is -2.31. The monoisotopic (exact) mass is 442 g/mol. The molecular formula is C27H26N2O4. The molecule has 4 rings (SSSR count). The molecule has 168 valence electrons. The highest BCUT2D eigenvalue weighted by atomic mass is 16.4. The summed E-state index contributed by atoms with van der Waals surface area (Å²) in [6.07, 6.45) is 1.49. The van der Waals surface area contributed by atoms with Gasteiger partial charge in [0.05, 0.1) is 6.42 Å². The van der Waals surface area contributed by atoms with Gasteiger partial charge in [-0.05, 0) is 73.2 Å². The summed E-state index contributed by atoms with van der Waals surface area (Å²) in [5.41, 5.74) is 4.28. The van der Waals surface area contributed by atoms with Crippen LogP contribution in [0.2, 0.25) is 0 Å². The summed E-state index contributed by atoms with van der Waals surface area (Å²) in [6.45, 7) is 2.41. The Labute approximate surface area is 192 Å². The maximum atomic E-state index is 13.4. The molecule has 3 aromatic rings. The number of nitrogens with zero attached hydrogens (tertiary/aromatic N) is 1. The molecule has 0 aromatic heterocycles. The number of carboxylic acids is 1. The molecule has 3 aromatic carbocycles. The van der Waals surface area contributed by atoms with Crippen LogP contribution in [-0.4, -0.2) is 29.4 Å². The fourth-order valence-electron chi connectivity index (χ4n) is 4.36. The molecular weight excluding hydrogens is 416 g/mol. The van der Waals surface area contributed by atoms with E-state index in [0.717, 1.165) is 29.7 Å². The number of nitrogens with one attached hydrogen (secondary N) is 1. The van der Waals surface area contributed by atoms with Crippen molar-refractivity contribution >= 4 is 29.2 Å². The van der Waals surface area contributed by atoms with Gasteiger partial charge in [0.15, 0.2) is 0 Å². The minimum absolute atomic E-state index is 0.0499. The Hall–Kier alpha value is -3.93. The highest BCUT2D eigenvalue weighted by molar-refractivity contribution is 6.08. The number of carboxylic acid groups (broad SMARTS) is 1. The van der Waals surface area contributed by atoms with Crippen molar-refractivity contribution < 1.29 is 19.5 Å². The second kappa shape index (κ2) is 9.69. The zero-order valence-electron chi connectivity index (χ0n) is 18.5. The predicted octanol–water partition coefficient (Wildman–Crippen LogP) is 5.25. The number of amides is 2. The molecule has 6 heteroatoms. The summed E-state index contributed by atoms with van der Waals surface area (Å²) in [7, 11) is 0. The van der Waals surface area contributed by atoms with Crippen LogP contribution in [0.3, 0.4) is 0 Å². The summed E-state index contributed by atoms with van der Waals surface area (Å²) < 4.78 is 0. The van der Waals surface area contributed by atoms with Gasteiger partial charge < -0.3 is 15.3 Å². The minimum Gasteiger partial charge on any atom is -0.481 e. The third kappa shape index (κ3) is 4.95. The van der Waals surface area contributed by atoms with E-state index in [2.05, 4.69) is 5.32 Å². The van der Waals surface area contributed by atoms with Crippen LogP contribution < -0.4 is 10.2 Å². The molecule has 0 saturated carbocycles. The van der Waals surface area contributed by atoms with E-state index in [-0.39, 0.29) is 24.2 Å². The van der Waals surface area contributed by atoms with Crippen LogP contribution in [0.4, 0.5) is 11.4 Å². The van der Waals surface area contributed by atoms with Crippen LogP contribution in [0, 0.1) is 6.92 Å². The average molecular weight is 443 g/mol. The number of aliphatic carboxylic acids is 1. The van der Waals surface area contributed by atoms with Crippen LogP contribution in [0.25, 0.3) is 0 Å². The number of benzene rings is 3. The second-order valence-electron chi connectivity index (χ2n) is 8.30. The minimum atomic E-state index is -0.835. The molecule has 2 N–H and O–H groups in total. The van der Waals surface area contributed by atoms with Crippen LogP contribution in [-0.2, 0) is 4.79 Å². The first-order valence-electron chi connectivity index (χ1n) is 11.0. The first-order chi connectivity index (χ1) is 15.9. The fourth-order valence-corrected chi connectivity index (χ4v) is 4.36. The molecule has 1 aliphatic heterocycles. The Morgan fingerprint density at radius 1 is 0.970 bits per heavy atom. The lowest BCUT2D eigenvalue weighted by molar-refractivity contribution is -0.137. The van der Waals surface area contributed by atoms with E-state index in [0.29, 0.717) is 23.4 Å². The smallest absolute Gasteiger partial charge is 0.303 e. The lowest BCUT2D eigenvalue weighted by atomic mass is 9.91. The highest BCUT2D eigenvalue weighted by Crippen LogP contribution is 2.37. The largest absolute Gasteiger partial charge is 0.481 e. The fraction of sp³-hybridized carbons (Fsp3) is 0.222. The van der Waals surface area contributed by atoms with Crippen molar-refractivity contribution in [1.82, 2.24) is 0 Å². The number of para-hydroxylation sites is 1. The van der Waals surface area contributed by atoms with E-state index < -0.39 is 5.97 Å². The van der Waals surface area contributed by atoms with Crippen molar-refractivity contribution in [2.45, 2.75) is 32.1 Å². The van der Waals surface area contributed by atoms with Crippen LogP contribution in [0.5, 0.6) is 0 Å². The Morgan fingerprint density at radius 2 is 1.67 bits per heavy atom. The van der Waals surface area contributed by atoms with Crippen molar-refractivity contribution in [3.05, 3.63) is 95.1 Å². The van der Waals surface area contributed by atoms with Crippen molar-refractivity contribution in [3.8, 4) is 0 Å². The topological polar surface area (TPSA) is 86.7 Å². The van der Waals surface area contributed by atoms with Gasteiger partial charge in [-0.25, -0.2) is 0 Å². The van der Waals surface area contributed by atoms with Crippen LogP contribution in [0.15, 0.2) is 72.8 Å². The Morgan fingerprint density at radius 3 is 2.39 bits per heavy atom. The number of hydrogen-bond donors (Lipinski definition) is 2. The number of fused-ring (bicyclic) bond motifs is 1. The Bertz CT molecular complexity index is 1190. The summed E-state index contributed by atoms with van der Waals surface area (Å²) in [5.74, 6) is -1.29. The van der Waals surface area contributed by atoms with Gasteiger partial charge >= 0.3 is 5.97 Å². The number of rotatable bonds is 5. The summed E-state index contributed by atoms with van der Waals surface area (Å²) >= 11 is 0. The molecule has 0 fully saturated rings. The van der Waals surface area contributed by atoms with Gasteiger partial charge in [0, 0.05) is 29.0 Å². The summed E-state index contributed by atoms with van der Waals surface area (Å²) in [6, 6.07) is 21.8. The number of aryl methyl sites for hydroxylation is 1. The summed E-state index contributed by atoms with van der Waals surface area (Å²) in [4.78, 5) is 39.0. The van der Waals surface area contributed by atoms with Crippen molar-refractivity contribution in [1.29, 1.82) is 0 Å². The SMILES string of the molecule is Cc1ccccc1C(=O)Nc1ccc(C(=O)N2CCCC(CC(=O)O)c3ccccc32)cc1. The third-order valence-corrected chi connectivity index (χ3v) is 6.05. The van der Waals surface area contributed by atoms with E-state index in [9.17, 15) is 19.5 Å². The van der Waals surface area contributed by atoms with Crippen molar-refractivity contribution in [2.75, 3.05) is 16.8 Å². The molecule has 0 radical (unpaired) electrons. The molecule has 6 nitrogen and oxygen atoms in total.